The van der Waals surface area contributed by atoms with E-state index in [0.29, 0.717) is 6.54 Å². The fourth-order valence-corrected chi connectivity index (χ4v) is 3.15. The summed E-state index contributed by atoms with van der Waals surface area (Å²) in [5.41, 5.74) is -0.159. The molecular formula is C13H22N2O3S. The first-order chi connectivity index (χ1) is 8.62. The van der Waals surface area contributed by atoms with Crippen LogP contribution in [0.4, 0.5) is 0 Å². The summed E-state index contributed by atoms with van der Waals surface area (Å²) in [6, 6.07) is 5.49. The highest BCUT2D eigenvalue weighted by Crippen LogP contribution is 2.18. The number of benzene rings is 1. The average Bonchev–Trinajstić information content (AvgIpc) is 2.26. The van der Waals surface area contributed by atoms with Crippen molar-refractivity contribution in [2.24, 2.45) is 5.41 Å². The molecule has 0 radical (unpaired) electrons. The van der Waals surface area contributed by atoms with Gasteiger partial charge in [0, 0.05) is 13.1 Å². The molecule has 0 atom stereocenters. The molecule has 0 saturated heterocycles. The molecule has 1 aromatic rings. The molecular weight excluding hydrogens is 264 g/mol. The Kier molecular flexibility index (Phi) is 4.95. The molecule has 5 nitrogen and oxygen atoms in total. The highest BCUT2D eigenvalue weighted by Gasteiger charge is 2.23. The first-order valence-corrected chi connectivity index (χ1v) is 7.54. The van der Waals surface area contributed by atoms with E-state index in [1.54, 1.807) is 0 Å². The van der Waals surface area contributed by atoms with Crippen LogP contribution in [-0.2, 0) is 10.0 Å². The van der Waals surface area contributed by atoms with Gasteiger partial charge in [-0.15, -0.1) is 0 Å². The van der Waals surface area contributed by atoms with Gasteiger partial charge in [-0.1, -0.05) is 13.8 Å². The summed E-state index contributed by atoms with van der Waals surface area (Å²) in [6.07, 6.45) is 0. The first kappa shape index (κ1) is 15.9. The molecule has 1 aromatic carbocycles. The Morgan fingerprint density at radius 1 is 1.21 bits per heavy atom. The largest absolute Gasteiger partial charge is 0.508 e. The molecule has 0 amide bonds. The topological polar surface area (TPSA) is 69.6 Å². The third kappa shape index (κ3) is 5.18. The first-order valence-electron chi connectivity index (χ1n) is 6.06. The second-order valence-electron chi connectivity index (χ2n) is 5.72. The van der Waals surface area contributed by atoms with Gasteiger partial charge in [0.2, 0.25) is 10.0 Å². The summed E-state index contributed by atoms with van der Waals surface area (Å²) in [5.74, 6) is 0.0480. The summed E-state index contributed by atoms with van der Waals surface area (Å²) in [6.45, 7) is 5.15. The number of phenolic OH excluding ortho intramolecular Hbond substituents is 1. The minimum absolute atomic E-state index is 0.0480. The zero-order valence-corrected chi connectivity index (χ0v) is 12.7. The Morgan fingerprint density at radius 2 is 1.74 bits per heavy atom. The highest BCUT2D eigenvalue weighted by atomic mass is 32.2. The van der Waals surface area contributed by atoms with Crippen molar-refractivity contribution in [2.75, 3.05) is 27.2 Å². The Labute approximate surface area is 115 Å². The maximum absolute atomic E-state index is 12.1. The molecule has 6 heteroatoms. The zero-order valence-electron chi connectivity index (χ0n) is 11.8. The predicted octanol–water partition coefficient (Wildman–Crippen LogP) is 1.26. The Hall–Kier alpha value is -1.11. The molecule has 0 fully saturated rings. The minimum atomic E-state index is -3.53. The SMILES string of the molecule is CN(C)CC(C)(C)CNS(=O)(=O)c1ccc(O)cc1. The average molecular weight is 286 g/mol. The van der Waals surface area contributed by atoms with Crippen LogP contribution in [0.25, 0.3) is 0 Å². The van der Waals surface area contributed by atoms with E-state index >= 15 is 0 Å². The third-order valence-electron chi connectivity index (χ3n) is 2.63. The lowest BCUT2D eigenvalue weighted by Gasteiger charge is -2.28. The molecule has 0 aliphatic rings. The summed E-state index contributed by atoms with van der Waals surface area (Å²) in [7, 11) is 0.384. The fraction of sp³-hybridized carbons (Fsp3) is 0.538. The molecule has 108 valence electrons. The van der Waals surface area contributed by atoms with Crippen molar-refractivity contribution in [1.82, 2.24) is 9.62 Å². The lowest BCUT2D eigenvalue weighted by Crippen LogP contribution is -2.39. The van der Waals surface area contributed by atoms with E-state index in [2.05, 4.69) is 4.72 Å². The van der Waals surface area contributed by atoms with Crippen molar-refractivity contribution in [2.45, 2.75) is 18.7 Å². The van der Waals surface area contributed by atoms with E-state index in [-0.39, 0.29) is 16.1 Å². The molecule has 2 N–H and O–H groups in total. The lowest BCUT2D eigenvalue weighted by molar-refractivity contribution is 0.242. The van der Waals surface area contributed by atoms with Crippen molar-refractivity contribution in [3.8, 4) is 5.75 Å². The summed E-state index contributed by atoms with van der Waals surface area (Å²) < 4.78 is 26.7. The van der Waals surface area contributed by atoms with Crippen LogP contribution in [0.2, 0.25) is 0 Å². The monoisotopic (exact) mass is 286 g/mol. The molecule has 0 aromatic heterocycles. The number of nitrogens with one attached hydrogen (secondary N) is 1. The van der Waals surface area contributed by atoms with Gasteiger partial charge in [-0.25, -0.2) is 13.1 Å². The molecule has 0 unspecified atom stereocenters. The van der Waals surface area contributed by atoms with Gasteiger partial charge in [-0.2, -0.15) is 0 Å². The van der Waals surface area contributed by atoms with Crippen molar-refractivity contribution in [3.63, 3.8) is 0 Å². The Morgan fingerprint density at radius 3 is 2.21 bits per heavy atom. The second-order valence-corrected chi connectivity index (χ2v) is 7.49. The van der Waals surface area contributed by atoms with Gasteiger partial charge in [-0.3, -0.25) is 0 Å². The highest BCUT2D eigenvalue weighted by molar-refractivity contribution is 7.89. The van der Waals surface area contributed by atoms with Gasteiger partial charge in [0.15, 0.2) is 0 Å². The Balaban J connectivity index is 2.73. The van der Waals surface area contributed by atoms with Crippen molar-refractivity contribution in [3.05, 3.63) is 24.3 Å². The maximum atomic E-state index is 12.1. The lowest BCUT2D eigenvalue weighted by atomic mass is 9.93. The van der Waals surface area contributed by atoms with Crippen LogP contribution in [0.5, 0.6) is 5.75 Å². The normalized spacial score (nSPS) is 12.9. The van der Waals surface area contributed by atoms with Gasteiger partial charge in [0.25, 0.3) is 0 Å². The minimum Gasteiger partial charge on any atom is -0.508 e. The summed E-state index contributed by atoms with van der Waals surface area (Å²) in [4.78, 5) is 2.18. The standard InChI is InChI=1S/C13H22N2O3S/c1-13(2,10-15(3)4)9-14-19(17,18)12-7-5-11(16)6-8-12/h5-8,14,16H,9-10H2,1-4H3. The zero-order chi connectivity index (χ0) is 14.7. The number of sulfonamides is 1. The number of hydrogen-bond acceptors (Lipinski definition) is 4. The maximum Gasteiger partial charge on any atom is 0.240 e. The molecule has 0 spiro atoms. The quantitative estimate of drug-likeness (QED) is 0.826. The fourth-order valence-electron chi connectivity index (χ4n) is 1.91. The number of phenols is 1. The van der Waals surface area contributed by atoms with Crippen LogP contribution in [0.15, 0.2) is 29.2 Å². The van der Waals surface area contributed by atoms with Crippen molar-refractivity contribution < 1.29 is 13.5 Å². The molecule has 0 heterocycles. The molecule has 0 aliphatic carbocycles. The van der Waals surface area contributed by atoms with Gasteiger partial charge in [0.05, 0.1) is 4.90 Å². The second kappa shape index (κ2) is 5.90. The van der Waals surface area contributed by atoms with Gasteiger partial charge < -0.3 is 10.0 Å². The van der Waals surface area contributed by atoms with Crippen LogP contribution < -0.4 is 4.72 Å². The Bertz CT molecular complexity index is 507. The molecule has 0 bridgehead atoms. The molecule has 0 aliphatic heterocycles. The smallest absolute Gasteiger partial charge is 0.240 e. The van der Waals surface area contributed by atoms with Crippen LogP contribution >= 0.6 is 0 Å². The number of rotatable bonds is 6. The van der Waals surface area contributed by atoms with Gasteiger partial charge in [0.1, 0.15) is 5.75 Å². The number of nitrogens with zero attached hydrogens (tertiary/aromatic N) is 1. The van der Waals surface area contributed by atoms with E-state index in [1.165, 1.54) is 24.3 Å². The summed E-state index contributed by atoms with van der Waals surface area (Å²) >= 11 is 0. The van der Waals surface area contributed by atoms with Gasteiger partial charge >= 0.3 is 0 Å². The van der Waals surface area contributed by atoms with E-state index in [4.69, 9.17) is 5.11 Å². The van der Waals surface area contributed by atoms with Crippen molar-refractivity contribution in [1.29, 1.82) is 0 Å². The third-order valence-corrected chi connectivity index (χ3v) is 4.05. The number of hydrogen-bond donors (Lipinski definition) is 2. The van der Waals surface area contributed by atoms with Crippen molar-refractivity contribution >= 4 is 10.0 Å². The van der Waals surface area contributed by atoms with E-state index in [9.17, 15) is 8.42 Å². The van der Waals surface area contributed by atoms with Crippen LogP contribution in [0, 0.1) is 5.41 Å². The molecule has 19 heavy (non-hydrogen) atoms. The number of aromatic hydroxyl groups is 1. The van der Waals surface area contributed by atoms with Crippen LogP contribution in [-0.4, -0.2) is 45.6 Å². The molecule has 1 rings (SSSR count). The van der Waals surface area contributed by atoms with E-state index in [0.717, 1.165) is 6.54 Å². The van der Waals surface area contributed by atoms with Gasteiger partial charge in [-0.05, 0) is 43.8 Å². The summed E-state index contributed by atoms with van der Waals surface area (Å²) in [5, 5.41) is 9.16. The molecule has 0 saturated carbocycles. The van der Waals surface area contributed by atoms with Crippen LogP contribution in [0.1, 0.15) is 13.8 Å². The van der Waals surface area contributed by atoms with Crippen LogP contribution in [0.3, 0.4) is 0 Å². The van der Waals surface area contributed by atoms with E-state index < -0.39 is 10.0 Å². The predicted molar refractivity (Wildman–Crippen MR) is 75.6 cm³/mol. The van der Waals surface area contributed by atoms with E-state index in [1.807, 2.05) is 32.8 Å².